The van der Waals surface area contributed by atoms with Gasteiger partial charge in [0.15, 0.2) is 0 Å². The van der Waals surface area contributed by atoms with Crippen molar-refractivity contribution in [3.63, 3.8) is 0 Å². The second kappa shape index (κ2) is 8.22. The molecular weight excluding hydrogens is 229 g/mol. The van der Waals surface area contributed by atoms with Gasteiger partial charge < -0.3 is 10.1 Å². The van der Waals surface area contributed by atoms with Crippen molar-refractivity contribution >= 4 is 0 Å². The van der Waals surface area contributed by atoms with Gasteiger partial charge in [-0.1, -0.05) is 38.5 Å². The molecule has 3 heteroatoms. The minimum absolute atomic E-state index is 0.0833. The fourth-order valence-corrected chi connectivity index (χ4v) is 2.05. The Morgan fingerprint density at radius 3 is 2.61 bits per heavy atom. The fraction of sp³-hybridized carbons (Fsp3) is 0.600. The van der Waals surface area contributed by atoms with Gasteiger partial charge in [-0.15, -0.1) is 0 Å². The Labute approximate surface area is 110 Å². The van der Waals surface area contributed by atoms with Gasteiger partial charge >= 0.3 is 0 Å². The van der Waals surface area contributed by atoms with E-state index in [1.165, 1.54) is 18.9 Å². The topological polar surface area (TPSA) is 21.3 Å². The summed E-state index contributed by atoms with van der Waals surface area (Å²) < 4.78 is 19.3. The Morgan fingerprint density at radius 1 is 1.28 bits per heavy atom. The SMILES string of the molecule is CCCC(C)COCC(NC)c1ccccc1F. The smallest absolute Gasteiger partial charge is 0.128 e. The first-order valence-electron chi connectivity index (χ1n) is 6.68. The highest BCUT2D eigenvalue weighted by Crippen LogP contribution is 2.17. The number of benzene rings is 1. The van der Waals surface area contributed by atoms with E-state index in [1.807, 2.05) is 13.1 Å². The molecule has 0 amide bonds. The van der Waals surface area contributed by atoms with Crippen molar-refractivity contribution in [2.45, 2.75) is 32.7 Å². The Balaban J connectivity index is 2.46. The highest BCUT2D eigenvalue weighted by molar-refractivity contribution is 5.21. The van der Waals surface area contributed by atoms with E-state index in [2.05, 4.69) is 19.2 Å². The molecule has 1 aromatic carbocycles. The molecule has 0 radical (unpaired) electrons. The summed E-state index contributed by atoms with van der Waals surface area (Å²) in [5.74, 6) is 0.384. The van der Waals surface area contributed by atoms with Crippen LogP contribution in [0.15, 0.2) is 24.3 Å². The molecule has 2 atom stereocenters. The van der Waals surface area contributed by atoms with Crippen LogP contribution in [0.2, 0.25) is 0 Å². The van der Waals surface area contributed by atoms with Crippen LogP contribution in [0.3, 0.4) is 0 Å². The zero-order valence-corrected chi connectivity index (χ0v) is 11.6. The number of rotatable bonds is 8. The van der Waals surface area contributed by atoms with Crippen molar-refractivity contribution in [2.75, 3.05) is 20.3 Å². The Hall–Kier alpha value is -0.930. The predicted octanol–water partition coefficient (Wildman–Crippen LogP) is 3.54. The maximum atomic E-state index is 13.6. The van der Waals surface area contributed by atoms with Crippen LogP contribution in [0.4, 0.5) is 4.39 Å². The lowest BCUT2D eigenvalue weighted by Gasteiger charge is -2.19. The molecule has 18 heavy (non-hydrogen) atoms. The highest BCUT2D eigenvalue weighted by atomic mass is 19.1. The number of halogens is 1. The van der Waals surface area contributed by atoms with E-state index < -0.39 is 0 Å². The molecule has 2 unspecified atom stereocenters. The minimum atomic E-state index is -0.179. The van der Waals surface area contributed by atoms with Gasteiger partial charge in [-0.05, 0) is 25.5 Å². The van der Waals surface area contributed by atoms with E-state index >= 15 is 0 Å². The fourth-order valence-electron chi connectivity index (χ4n) is 2.05. The van der Waals surface area contributed by atoms with Gasteiger partial charge in [0.1, 0.15) is 5.82 Å². The summed E-state index contributed by atoms with van der Waals surface area (Å²) in [5, 5.41) is 3.10. The average molecular weight is 253 g/mol. The van der Waals surface area contributed by atoms with Crippen molar-refractivity contribution in [1.82, 2.24) is 5.32 Å². The summed E-state index contributed by atoms with van der Waals surface area (Å²) in [6.07, 6.45) is 2.34. The quantitative estimate of drug-likeness (QED) is 0.765. The lowest BCUT2D eigenvalue weighted by atomic mass is 10.1. The molecule has 0 bridgehead atoms. The second-order valence-corrected chi connectivity index (χ2v) is 4.79. The predicted molar refractivity (Wildman–Crippen MR) is 73.1 cm³/mol. The molecule has 0 spiro atoms. The van der Waals surface area contributed by atoms with Crippen LogP contribution >= 0.6 is 0 Å². The molecule has 1 aromatic rings. The monoisotopic (exact) mass is 253 g/mol. The zero-order valence-electron chi connectivity index (χ0n) is 11.6. The molecule has 2 nitrogen and oxygen atoms in total. The summed E-state index contributed by atoms with van der Waals surface area (Å²) in [7, 11) is 1.83. The van der Waals surface area contributed by atoms with E-state index in [1.54, 1.807) is 12.1 Å². The molecule has 0 aliphatic heterocycles. The van der Waals surface area contributed by atoms with Crippen LogP contribution < -0.4 is 5.32 Å². The molecule has 0 aromatic heterocycles. The molecule has 0 saturated heterocycles. The maximum Gasteiger partial charge on any atom is 0.128 e. The highest BCUT2D eigenvalue weighted by Gasteiger charge is 2.13. The third kappa shape index (κ3) is 4.75. The zero-order chi connectivity index (χ0) is 13.4. The summed E-state index contributed by atoms with van der Waals surface area (Å²) in [4.78, 5) is 0. The summed E-state index contributed by atoms with van der Waals surface area (Å²) in [6, 6.07) is 6.76. The van der Waals surface area contributed by atoms with Gasteiger partial charge in [0.25, 0.3) is 0 Å². The molecule has 0 aliphatic rings. The number of hydrogen-bond donors (Lipinski definition) is 1. The van der Waals surface area contributed by atoms with Crippen LogP contribution in [0.25, 0.3) is 0 Å². The number of nitrogens with one attached hydrogen (secondary N) is 1. The number of likely N-dealkylation sites (N-methyl/N-ethyl adjacent to an activating group) is 1. The standard InChI is InChI=1S/C15H24FNO/c1-4-7-12(2)10-18-11-15(17-3)13-8-5-6-9-14(13)16/h5-6,8-9,12,15,17H,4,7,10-11H2,1-3H3. The maximum absolute atomic E-state index is 13.6. The molecule has 0 saturated carbocycles. The number of hydrogen-bond acceptors (Lipinski definition) is 2. The lowest BCUT2D eigenvalue weighted by Crippen LogP contribution is -2.24. The third-order valence-corrected chi connectivity index (χ3v) is 3.10. The average Bonchev–Trinajstić information content (AvgIpc) is 2.36. The summed E-state index contributed by atoms with van der Waals surface area (Å²) in [6.45, 7) is 5.60. The van der Waals surface area contributed by atoms with E-state index in [9.17, 15) is 4.39 Å². The lowest BCUT2D eigenvalue weighted by molar-refractivity contribution is 0.0841. The van der Waals surface area contributed by atoms with E-state index in [4.69, 9.17) is 4.74 Å². The van der Waals surface area contributed by atoms with Crippen molar-refractivity contribution < 1.29 is 9.13 Å². The van der Waals surface area contributed by atoms with Crippen molar-refractivity contribution in [3.05, 3.63) is 35.6 Å². The van der Waals surface area contributed by atoms with Crippen LogP contribution in [0, 0.1) is 11.7 Å². The van der Waals surface area contributed by atoms with Crippen LogP contribution in [-0.4, -0.2) is 20.3 Å². The molecule has 0 heterocycles. The van der Waals surface area contributed by atoms with Crippen LogP contribution in [-0.2, 0) is 4.74 Å². The third-order valence-electron chi connectivity index (χ3n) is 3.10. The van der Waals surface area contributed by atoms with E-state index in [0.717, 1.165) is 6.61 Å². The molecule has 1 rings (SSSR count). The molecule has 102 valence electrons. The first-order valence-corrected chi connectivity index (χ1v) is 6.68. The van der Waals surface area contributed by atoms with Gasteiger partial charge in [-0.3, -0.25) is 0 Å². The Bertz CT molecular complexity index is 343. The second-order valence-electron chi connectivity index (χ2n) is 4.79. The molecule has 1 N–H and O–H groups in total. The van der Waals surface area contributed by atoms with Crippen molar-refractivity contribution in [2.24, 2.45) is 5.92 Å². The van der Waals surface area contributed by atoms with E-state index in [-0.39, 0.29) is 11.9 Å². The van der Waals surface area contributed by atoms with Crippen LogP contribution in [0.1, 0.15) is 38.3 Å². The summed E-state index contributed by atoms with van der Waals surface area (Å²) >= 11 is 0. The van der Waals surface area contributed by atoms with Gasteiger partial charge in [-0.25, -0.2) is 4.39 Å². The van der Waals surface area contributed by atoms with E-state index in [0.29, 0.717) is 18.1 Å². The Morgan fingerprint density at radius 2 is 2.00 bits per heavy atom. The molecule has 0 aliphatic carbocycles. The van der Waals surface area contributed by atoms with Crippen LogP contribution in [0.5, 0.6) is 0 Å². The molecular formula is C15H24FNO. The first kappa shape index (κ1) is 15.1. The minimum Gasteiger partial charge on any atom is -0.379 e. The Kier molecular flexibility index (Phi) is 6.91. The van der Waals surface area contributed by atoms with Gasteiger partial charge in [0.05, 0.1) is 12.6 Å². The first-order chi connectivity index (χ1) is 8.69. The number of ether oxygens (including phenoxy) is 1. The normalized spacial score (nSPS) is 14.4. The van der Waals surface area contributed by atoms with Crippen molar-refractivity contribution in [3.8, 4) is 0 Å². The van der Waals surface area contributed by atoms with Crippen molar-refractivity contribution in [1.29, 1.82) is 0 Å². The summed E-state index contributed by atoms with van der Waals surface area (Å²) in [5.41, 5.74) is 0.670. The van der Waals surface area contributed by atoms with Gasteiger partial charge in [0, 0.05) is 12.2 Å². The molecule has 0 fully saturated rings. The largest absolute Gasteiger partial charge is 0.379 e. The van der Waals surface area contributed by atoms with Gasteiger partial charge in [-0.2, -0.15) is 0 Å². The van der Waals surface area contributed by atoms with Gasteiger partial charge in [0.2, 0.25) is 0 Å².